The maximum Gasteiger partial charge on any atom is 0.271 e. The van der Waals surface area contributed by atoms with E-state index in [4.69, 9.17) is 16.3 Å². The van der Waals surface area contributed by atoms with E-state index in [0.717, 1.165) is 24.0 Å². The number of carbonyl (C=O) groups is 1. The average molecular weight is 635 g/mol. The van der Waals surface area contributed by atoms with Crippen molar-refractivity contribution in [2.24, 2.45) is 5.10 Å². The number of benzene rings is 3. The number of halogens is 4. The van der Waals surface area contributed by atoms with E-state index in [1.165, 1.54) is 24.3 Å². The number of nitrogens with zero attached hydrogens (tertiary/aromatic N) is 1. The van der Waals surface area contributed by atoms with E-state index in [0.29, 0.717) is 17.2 Å². The first-order valence-corrected chi connectivity index (χ1v) is 10.9. The van der Waals surface area contributed by atoms with Crippen LogP contribution >= 0.6 is 56.8 Å². The second kappa shape index (κ2) is 10.4. The Labute approximate surface area is 199 Å². The molecule has 8 heteroatoms. The van der Waals surface area contributed by atoms with Crippen molar-refractivity contribution in [3.05, 3.63) is 95.3 Å². The Morgan fingerprint density at radius 2 is 1.76 bits per heavy atom. The maximum atomic E-state index is 12.9. The first kappa shape index (κ1) is 22.0. The molecule has 0 unspecified atom stereocenters. The summed E-state index contributed by atoms with van der Waals surface area (Å²) in [4.78, 5) is 12.0. The third-order valence-corrected chi connectivity index (χ3v) is 5.81. The van der Waals surface area contributed by atoms with E-state index in [1.807, 2.05) is 36.4 Å². The summed E-state index contributed by atoms with van der Waals surface area (Å²) >= 11 is 10.6. The molecule has 3 rings (SSSR count). The minimum Gasteiger partial charge on any atom is -0.487 e. The molecule has 148 valence electrons. The van der Waals surface area contributed by atoms with Gasteiger partial charge in [0.25, 0.3) is 5.91 Å². The van der Waals surface area contributed by atoms with Gasteiger partial charge in [-0.2, -0.15) is 5.10 Å². The van der Waals surface area contributed by atoms with Crippen LogP contribution in [0.5, 0.6) is 5.75 Å². The molecule has 0 atom stereocenters. The Bertz CT molecular complexity index is 1040. The highest BCUT2D eigenvalue weighted by Crippen LogP contribution is 2.30. The second-order valence-corrected chi connectivity index (χ2v) is 8.63. The summed E-state index contributed by atoms with van der Waals surface area (Å²) in [6, 6.07) is 16.6. The topological polar surface area (TPSA) is 50.7 Å². The Morgan fingerprint density at radius 3 is 2.41 bits per heavy atom. The summed E-state index contributed by atoms with van der Waals surface area (Å²) in [7, 11) is 0. The lowest BCUT2D eigenvalue weighted by atomic mass is 10.2. The summed E-state index contributed by atoms with van der Waals surface area (Å²) in [6.07, 6.45) is 1.55. The van der Waals surface area contributed by atoms with Crippen LogP contribution in [0.25, 0.3) is 0 Å². The predicted molar refractivity (Wildman–Crippen MR) is 129 cm³/mol. The number of carbonyl (C=O) groups excluding carboxylic acids is 1. The van der Waals surface area contributed by atoms with Crippen molar-refractivity contribution in [2.45, 2.75) is 6.61 Å². The van der Waals surface area contributed by atoms with Gasteiger partial charge in [-0.05, 0) is 93.2 Å². The van der Waals surface area contributed by atoms with Crippen LogP contribution in [0, 0.1) is 13.0 Å². The normalized spacial score (nSPS) is 10.9. The molecule has 0 aliphatic heterocycles. The van der Waals surface area contributed by atoms with Crippen molar-refractivity contribution < 1.29 is 13.9 Å². The van der Waals surface area contributed by atoms with Gasteiger partial charge in [0.15, 0.2) is 0 Å². The zero-order valence-corrected chi connectivity index (χ0v) is 19.9. The highest BCUT2D eigenvalue weighted by Gasteiger charge is 2.10. The predicted octanol–water partition coefficient (Wildman–Crippen LogP) is 6.03. The molecule has 0 fully saturated rings. The summed E-state index contributed by atoms with van der Waals surface area (Å²) < 4.78 is 20.7. The van der Waals surface area contributed by atoms with Crippen molar-refractivity contribution in [1.29, 1.82) is 0 Å². The largest absolute Gasteiger partial charge is 0.487 e. The molecule has 0 aliphatic carbocycles. The number of hydrazone groups is 1. The number of hydrogen-bond donors (Lipinski definition) is 1. The van der Waals surface area contributed by atoms with Gasteiger partial charge in [0.05, 0.1) is 13.4 Å². The lowest BCUT2D eigenvalue weighted by Crippen LogP contribution is -2.17. The molecule has 3 aromatic rings. The van der Waals surface area contributed by atoms with Crippen LogP contribution < -0.4 is 10.2 Å². The van der Waals surface area contributed by atoms with E-state index >= 15 is 0 Å². The maximum absolute atomic E-state index is 12.9. The van der Waals surface area contributed by atoms with Crippen LogP contribution in [0.15, 0.2) is 65.8 Å². The molecule has 29 heavy (non-hydrogen) atoms. The van der Waals surface area contributed by atoms with Gasteiger partial charge in [-0.3, -0.25) is 4.79 Å². The van der Waals surface area contributed by atoms with Gasteiger partial charge in [0, 0.05) is 16.1 Å². The minimum absolute atomic E-state index is 0.330. The lowest BCUT2D eigenvalue weighted by molar-refractivity contribution is 0.0955. The van der Waals surface area contributed by atoms with Crippen molar-refractivity contribution in [3.8, 4) is 5.75 Å². The number of ether oxygens (including phenoxy) is 1. The van der Waals surface area contributed by atoms with Crippen LogP contribution in [-0.4, -0.2) is 12.1 Å². The average Bonchev–Trinajstić information content (AvgIpc) is 2.69. The first-order valence-electron chi connectivity index (χ1n) is 8.38. The smallest absolute Gasteiger partial charge is 0.271 e. The van der Waals surface area contributed by atoms with Gasteiger partial charge in [-0.1, -0.05) is 29.8 Å². The molecule has 1 amide bonds. The van der Waals surface area contributed by atoms with Crippen molar-refractivity contribution >= 4 is 68.9 Å². The molecule has 1 N–H and O–H groups in total. The van der Waals surface area contributed by atoms with Crippen LogP contribution in [-0.2, 0) is 6.61 Å². The fourth-order valence-electron chi connectivity index (χ4n) is 2.39. The monoisotopic (exact) mass is 634 g/mol. The minimum atomic E-state index is -0.412. The molecular weight excluding hydrogens is 621 g/mol. The Kier molecular flexibility index (Phi) is 7.84. The molecule has 0 spiro atoms. The van der Waals surface area contributed by atoms with E-state index in [9.17, 15) is 9.18 Å². The Morgan fingerprint density at radius 1 is 1.10 bits per heavy atom. The van der Waals surface area contributed by atoms with Gasteiger partial charge >= 0.3 is 0 Å². The molecule has 4 nitrogen and oxygen atoms in total. The van der Waals surface area contributed by atoms with E-state index in [2.05, 4.69) is 55.7 Å². The van der Waals surface area contributed by atoms with E-state index in [-0.39, 0.29) is 0 Å². The van der Waals surface area contributed by atoms with Crippen LogP contribution in [0.1, 0.15) is 21.5 Å². The van der Waals surface area contributed by atoms with Crippen molar-refractivity contribution in [3.63, 3.8) is 0 Å². The third kappa shape index (κ3) is 6.13. The van der Waals surface area contributed by atoms with Gasteiger partial charge < -0.3 is 4.74 Å². The van der Waals surface area contributed by atoms with Gasteiger partial charge in [-0.15, -0.1) is 0 Å². The zero-order chi connectivity index (χ0) is 20.8. The van der Waals surface area contributed by atoms with E-state index < -0.39 is 11.7 Å². The first-order chi connectivity index (χ1) is 13.9. The number of amides is 1. The highest BCUT2D eigenvalue weighted by molar-refractivity contribution is 14.1. The zero-order valence-electron chi connectivity index (χ0n) is 14.8. The molecule has 0 saturated heterocycles. The number of nitrogens with one attached hydrogen (secondary N) is 1. The third-order valence-electron chi connectivity index (χ3n) is 3.84. The summed E-state index contributed by atoms with van der Waals surface area (Å²) in [5.41, 5.74) is 4.48. The molecule has 0 aliphatic rings. The summed E-state index contributed by atoms with van der Waals surface area (Å²) in [5, 5.41) is 4.64. The summed E-state index contributed by atoms with van der Waals surface area (Å²) in [5.74, 6) is -0.0463. The van der Waals surface area contributed by atoms with Crippen LogP contribution in [0.3, 0.4) is 0 Å². The quantitative estimate of drug-likeness (QED) is 0.205. The molecule has 0 aromatic heterocycles. The van der Waals surface area contributed by atoms with E-state index in [1.54, 1.807) is 6.21 Å². The second-order valence-electron chi connectivity index (χ2n) is 5.90. The lowest BCUT2D eigenvalue weighted by Gasteiger charge is -2.12. The van der Waals surface area contributed by atoms with Crippen molar-refractivity contribution in [1.82, 2.24) is 5.43 Å². The Hall–Kier alpha value is -1.72. The number of hydrogen-bond acceptors (Lipinski definition) is 3. The van der Waals surface area contributed by atoms with Gasteiger partial charge in [-0.25, -0.2) is 9.82 Å². The standard InChI is InChI=1S/C21H14ClFI2N2O2/c22-17-4-2-1-3-15(17)12-29-20-18(24)9-13(10-19(20)25)11-26-27-21(28)14-5-7-16(23)8-6-14/h1-11H,12H2,(H,27,28)/b26-11-. The molecule has 0 radical (unpaired) electrons. The molecule has 0 bridgehead atoms. The molecule has 0 heterocycles. The fraction of sp³-hybridized carbons (Fsp3) is 0.0476. The summed E-state index contributed by atoms with van der Waals surface area (Å²) in [6.45, 7) is 0.368. The highest BCUT2D eigenvalue weighted by atomic mass is 127. The van der Waals surface area contributed by atoms with Crippen LogP contribution in [0.2, 0.25) is 5.02 Å². The van der Waals surface area contributed by atoms with Gasteiger partial charge in [0.2, 0.25) is 0 Å². The molecule has 0 saturated carbocycles. The molecular formula is C21H14ClFI2N2O2. The van der Waals surface area contributed by atoms with Crippen molar-refractivity contribution in [2.75, 3.05) is 0 Å². The Balaban J connectivity index is 1.65. The molecule has 3 aromatic carbocycles. The van der Waals surface area contributed by atoms with Crippen LogP contribution in [0.4, 0.5) is 4.39 Å². The van der Waals surface area contributed by atoms with Gasteiger partial charge in [0.1, 0.15) is 18.2 Å². The number of rotatable bonds is 6. The fourth-order valence-corrected chi connectivity index (χ4v) is 4.71. The SMILES string of the molecule is O=C(N/N=C\c1cc(I)c(OCc2ccccc2Cl)c(I)c1)c1ccc(F)cc1.